The number of H-pyrrole nitrogens is 1. The van der Waals surface area contributed by atoms with Crippen LogP contribution in [0.25, 0.3) is 11.0 Å². The second kappa shape index (κ2) is 9.09. The lowest BCUT2D eigenvalue weighted by atomic mass is 9.98. The van der Waals surface area contributed by atoms with Crippen LogP contribution in [-0.4, -0.2) is 29.1 Å². The van der Waals surface area contributed by atoms with Gasteiger partial charge >= 0.3 is 6.18 Å². The van der Waals surface area contributed by atoms with Crippen molar-refractivity contribution in [2.45, 2.75) is 32.0 Å². The quantitative estimate of drug-likeness (QED) is 0.538. The fourth-order valence-electron chi connectivity index (χ4n) is 3.06. The summed E-state index contributed by atoms with van der Waals surface area (Å²) in [5.74, 6) is -1.19. The molecule has 0 fully saturated rings. The van der Waals surface area contributed by atoms with E-state index in [0.29, 0.717) is 31.6 Å². The molecular weight excluding hydrogens is 383 g/mol. The number of imidazole rings is 1. The number of carbonyl (C=O) groups excluding carboxylic acids is 1. The zero-order valence-electron chi connectivity index (χ0n) is 15.9. The Morgan fingerprint density at radius 1 is 1.17 bits per heavy atom. The predicted molar refractivity (Wildman–Crippen MR) is 103 cm³/mol. The first-order valence-corrected chi connectivity index (χ1v) is 9.37. The molecule has 2 aromatic carbocycles. The third kappa shape index (κ3) is 5.35. The Kier molecular flexibility index (Phi) is 6.53. The number of ether oxygens (including phenoxy) is 1. The fourth-order valence-corrected chi connectivity index (χ4v) is 3.06. The second-order valence-corrected chi connectivity index (χ2v) is 6.57. The highest BCUT2D eigenvalue weighted by Crippen LogP contribution is 2.30. The van der Waals surface area contributed by atoms with Crippen molar-refractivity contribution in [2.24, 2.45) is 0 Å². The molecule has 0 aliphatic rings. The summed E-state index contributed by atoms with van der Waals surface area (Å²) in [7, 11) is 0. The summed E-state index contributed by atoms with van der Waals surface area (Å²) in [5.41, 5.74) is 1.98. The van der Waals surface area contributed by atoms with E-state index in [1.54, 1.807) is 12.1 Å². The van der Waals surface area contributed by atoms with Crippen LogP contribution in [0.15, 0.2) is 48.5 Å². The lowest BCUT2D eigenvalue weighted by Crippen LogP contribution is -2.29. The molecule has 3 aromatic rings. The number of halogens is 3. The number of fused-ring (bicyclic) bond motifs is 1. The molecule has 1 unspecified atom stereocenters. The van der Waals surface area contributed by atoms with Crippen LogP contribution in [0.3, 0.4) is 0 Å². The van der Waals surface area contributed by atoms with Crippen LogP contribution < -0.4 is 5.32 Å². The first kappa shape index (κ1) is 20.9. The molecule has 5 nitrogen and oxygen atoms in total. The lowest BCUT2D eigenvalue weighted by Gasteiger charge is -2.20. The fraction of sp³-hybridized carbons (Fsp3) is 0.333. The Labute approximate surface area is 166 Å². The van der Waals surface area contributed by atoms with Crippen molar-refractivity contribution in [1.82, 2.24) is 15.3 Å². The average Bonchev–Trinajstić information content (AvgIpc) is 3.14. The van der Waals surface area contributed by atoms with E-state index in [-0.39, 0.29) is 16.9 Å². The maximum atomic E-state index is 12.9. The van der Waals surface area contributed by atoms with Crippen molar-refractivity contribution in [3.8, 4) is 0 Å². The van der Waals surface area contributed by atoms with Gasteiger partial charge < -0.3 is 15.0 Å². The van der Waals surface area contributed by atoms with Crippen molar-refractivity contribution in [1.29, 1.82) is 0 Å². The summed E-state index contributed by atoms with van der Waals surface area (Å²) >= 11 is 0. The summed E-state index contributed by atoms with van der Waals surface area (Å²) in [5, 5.41) is 2.98. The van der Waals surface area contributed by atoms with Gasteiger partial charge in [0.05, 0.1) is 17.1 Å². The normalized spacial score (nSPS) is 12.8. The minimum Gasteiger partial charge on any atom is -0.382 e. The molecule has 0 aliphatic heterocycles. The van der Waals surface area contributed by atoms with Crippen LogP contribution in [0, 0.1) is 0 Å². The second-order valence-electron chi connectivity index (χ2n) is 6.57. The molecule has 1 heterocycles. The number of aromatic nitrogens is 2. The van der Waals surface area contributed by atoms with E-state index in [0.717, 1.165) is 5.56 Å². The van der Waals surface area contributed by atoms with Crippen molar-refractivity contribution < 1.29 is 22.7 Å². The maximum Gasteiger partial charge on any atom is 0.449 e. The van der Waals surface area contributed by atoms with E-state index in [9.17, 15) is 18.0 Å². The maximum absolute atomic E-state index is 12.9. The molecule has 8 heteroatoms. The van der Waals surface area contributed by atoms with Crippen molar-refractivity contribution in [2.75, 3.05) is 13.2 Å². The van der Waals surface area contributed by atoms with Gasteiger partial charge in [0.1, 0.15) is 0 Å². The molecule has 0 saturated heterocycles. The van der Waals surface area contributed by atoms with Crippen molar-refractivity contribution >= 4 is 16.9 Å². The molecule has 1 amide bonds. The van der Waals surface area contributed by atoms with Gasteiger partial charge in [0.15, 0.2) is 0 Å². The number of carbonyl (C=O) groups is 1. The highest BCUT2D eigenvalue weighted by molar-refractivity contribution is 5.79. The number of alkyl halides is 3. The number of rotatable bonds is 8. The summed E-state index contributed by atoms with van der Waals surface area (Å²) in [6, 6.07) is 13.6. The zero-order chi connectivity index (χ0) is 20.9. The molecule has 2 N–H and O–H groups in total. The van der Waals surface area contributed by atoms with Gasteiger partial charge in [-0.25, -0.2) is 4.98 Å². The van der Waals surface area contributed by atoms with Crippen LogP contribution in [0.2, 0.25) is 0 Å². The largest absolute Gasteiger partial charge is 0.449 e. The van der Waals surface area contributed by atoms with Crippen LogP contribution in [0.1, 0.15) is 42.8 Å². The van der Waals surface area contributed by atoms with Gasteiger partial charge in [-0.2, -0.15) is 13.2 Å². The standard InChI is InChI=1S/C21H22F3N3O2/c1-2-29-12-6-9-18(28)27-19(14-7-4-3-5-8-14)15-10-11-16-17(13-15)26-20(25-16)21(22,23)24/h3-5,7-8,10-11,13,19H,2,6,9,12H2,1H3,(H,25,26)(H,27,28). The first-order valence-electron chi connectivity index (χ1n) is 9.37. The molecule has 1 aromatic heterocycles. The number of benzene rings is 2. The van der Waals surface area contributed by atoms with E-state index < -0.39 is 18.0 Å². The first-order chi connectivity index (χ1) is 13.9. The van der Waals surface area contributed by atoms with Gasteiger partial charge in [-0.15, -0.1) is 0 Å². The Bertz CT molecular complexity index is 955. The predicted octanol–water partition coefficient (Wildman–Crippen LogP) is 4.60. The Morgan fingerprint density at radius 3 is 2.62 bits per heavy atom. The summed E-state index contributed by atoms with van der Waals surface area (Å²) in [6.07, 6.45) is -3.66. The summed E-state index contributed by atoms with van der Waals surface area (Å²) in [4.78, 5) is 18.3. The third-order valence-corrected chi connectivity index (χ3v) is 4.44. The Hall–Kier alpha value is -2.87. The zero-order valence-corrected chi connectivity index (χ0v) is 15.9. The van der Waals surface area contributed by atoms with Gasteiger partial charge in [-0.1, -0.05) is 36.4 Å². The number of hydrogen-bond donors (Lipinski definition) is 2. The van der Waals surface area contributed by atoms with E-state index >= 15 is 0 Å². The number of amides is 1. The molecule has 0 aliphatic carbocycles. The highest BCUT2D eigenvalue weighted by Gasteiger charge is 2.34. The van der Waals surface area contributed by atoms with Crippen LogP contribution in [-0.2, 0) is 15.7 Å². The number of nitrogens with one attached hydrogen (secondary N) is 2. The molecule has 29 heavy (non-hydrogen) atoms. The van der Waals surface area contributed by atoms with Gasteiger partial charge in [0.2, 0.25) is 11.7 Å². The summed E-state index contributed by atoms with van der Waals surface area (Å²) < 4.78 is 44.1. The van der Waals surface area contributed by atoms with Gasteiger partial charge in [-0.3, -0.25) is 4.79 Å². The van der Waals surface area contributed by atoms with Crippen LogP contribution in [0.4, 0.5) is 13.2 Å². The van der Waals surface area contributed by atoms with Gasteiger partial charge in [0, 0.05) is 19.6 Å². The lowest BCUT2D eigenvalue weighted by molar-refractivity contribution is -0.144. The number of hydrogen-bond acceptors (Lipinski definition) is 3. The van der Waals surface area contributed by atoms with E-state index in [1.807, 2.05) is 37.3 Å². The van der Waals surface area contributed by atoms with E-state index in [1.165, 1.54) is 6.07 Å². The molecule has 0 spiro atoms. The minimum absolute atomic E-state index is 0.153. The Balaban J connectivity index is 1.87. The monoisotopic (exact) mass is 405 g/mol. The minimum atomic E-state index is -4.55. The third-order valence-electron chi connectivity index (χ3n) is 4.44. The Morgan fingerprint density at radius 2 is 1.93 bits per heavy atom. The van der Waals surface area contributed by atoms with Crippen LogP contribution >= 0.6 is 0 Å². The SMILES string of the molecule is CCOCCCC(=O)NC(c1ccccc1)c1ccc2nc(C(F)(F)F)[nH]c2c1. The molecule has 0 saturated carbocycles. The van der Waals surface area contributed by atoms with Gasteiger partial charge in [0.25, 0.3) is 0 Å². The van der Waals surface area contributed by atoms with Gasteiger partial charge in [-0.05, 0) is 36.6 Å². The molecule has 3 rings (SSSR count). The van der Waals surface area contributed by atoms with Crippen LogP contribution in [0.5, 0.6) is 0 Å². The number of aromatic amines is 1. The molecule has 1 atom stereocenters. The highest BCUT2D eigenvalue weighted by atomic mass is 19.4. The van der Waals surface area contributed by atoms with Crippen molar-refractivity contribution in [3.63, 3.8) is 0 Å². The number of nitrogens with zero attached hydrogens (tertiary/aromatic N) is 1. The van der Waals surface area contributed by atoms with E-state index in [4.69, 9.17) is 4.74 Å². The molecular formula is C21H22F3N3O2. The molecule has 154 valence electrons. The van der Waals surface area contributed by atoms with Crippen molar-refractivity contribution in [3.05, 3.63) is 65.5 Å². The smallest absolute Gasteiger partial charge is 0.382 e. The summed E-state index contributed by atoms with van der Waals surface area (Å²) in [6.45, 7) is 2.99. The molecule has 0 bridgehead atoms. The topological polar surface area (TPSA) is 67.0 Å². The van der Waals surface area contributed by atoms with E-state index in [2.05, 4.69) is 15.3 Å². The molecule has 0 radical (unpaired) electrons. The average molecular weight is 405 g/mol.